The molecule has 1 heterocycles. The number of nitrogens with zero attached hydrogens (tertiary/aromatic N) is 1. The highest BCUT2D eigenvalue weighted by molar-refractivity contribution is 7.88. The summed E-state index contributed by atoms with van der Waals surface area (Å²) < 4.78 is 30.5. The average Bonchev–Trinajstić information content (AvgIpc) is 2.63. The molecule has 0 radical (unpaired) electrons. The zero-order valence-corrected chi connectivity index (χ0v) is 12.1. The fourth-order valence-electron chi connectivity index (χ4n) is 1.29. The van der Waals surface area contributed by atoms with Crippen LogP contribution in [0.2, 0.25) is 0 Å². The first-order valence-corrected chi connectivity index (χ1v) is 7.35. The molecule has 0 aliphatic rings. The Bertz CT molecular complexity index is 556. The zero-order valence-electron chi connectivity index (χ0n) is 11.3. The molecule has 7 nitrogen and oxygen atoms in total. The molecule has 0 saturated heterocycles. The number of aliphatic carboxylic acids is 1. The molecular formula is C11H18N2O5S. The van der Waals surface area contributed by atoms with E-state index in [0.29, 0.717) is 5.76 Å². The van der Waals surface area contributed by atoms with Crippen LogP contribution in [0.1, 0.15) is 39.1 Å². The lowest BCUT2D eigenvalue weighted by Gasteiger charge is -2.12. The number of sulfonamides is 1. The summed E-state index contributed by atoms with van der Waals surface area (Å²) in [5.41, 5.74) is -0.0217. The quantitative estimate of drug-likeness (QED) is 0.832. The first-order valence-electron chi connectivity index (χ1n) is 5.70. The first kappa shape index (κ1) is 15.6. The molecule has 0 unspecified atom stereocenters. The van der Waals surface area contributed by atoms with Gasteiger partial charge >= 0.3 is 5.97 Å². The number of carboxylic acid groups (broad SMARTS) is 1. The summed E-state index contributed by atoms with van der Waals surface area (Å²) >= 11 is 0. The Morgan fingerprint density at radius 1 is 1.53 bits per heavy atom. The van der Waals surface area contributed by atoms with Gasteiger partial charge in [-0.05, 0) is 6.92 Å². The van der Waals surface area contributed by atoms with Gasteiger partial charge in [0.1, 0.15) is 23.2 Å². The van der Waals surface area contributed by atoms with Gasteiger partial charge in [0.15, 0.2) is 0 Å². The highest BCUT2D eigenvalue weighted by Gasteiger charge is 2.24. The van der Waals surface area contributed by atoms with E-state index >= 15 is 0 Å². The van der Waals surface area contributed by atoms with E-state index < -0.39 is 27.8 Å². The van der Waals surface area contributed by atoms with Crippen LogP contribution in [-0.2, 0) is 26.0 Å². The van der Waals surface area contributed by atoms with Crippen molar-refractivity contribution in [2.75, 3.05) is 0 Å². The molecule has 0 saturated carbocycles. The van der Waals surface area contributed by atoms with Gasteiger partial charge in [-0.1, -0.05) is 25.9 Å². The normalized spacial score (nSPS) is 14.3. The predicted octanol–water partition coefficient (Wildman–Crippen LogP) is 0.865. The Morgan fingerprint density at radius 2 is 2.11 bits per heavy atom. The van der Waals surface area contributed by atoms with Crippen molar-refractivity contribution in [3.8, 4) is 0 Å². The molecule has 0 aliphatic heterocycles. The summed E-state index contributed by atoms with van der Waals surface area (Å²) in [6.07, 6.45) is 0. The zero-order chi connectivity index (χ0) is 14.8. The minimum absolute atomic E-state index is 0.245. The van der Waals surface area contributed by atoms with E-state index in [9.17, 15) is 13.2 Å². The Balaban J connectivity index is 2.79. The summed E-state index contributed by atoms with van der Waals surface area (Å²) in [5, 5.41) is 12.3. The smallest absolute Gasteiger partial charge is 0.321 e. The van der Waals surface area contributed by atoms with Crippen LogP contribution < -0.4 is 4.72 Å². The molecule has 108 valence electrons. The van der Waals surface area contributed by atoms with Crippen molar-refractivity contribution in [1.82, 2.24) is 9.88 Å². The fourth-order valence-corrected chi connectivity index (χ4v) is 2.54. The number of aromatic nitrogens is 1. The second-order valence-corrected chi connectivity index (χ2v) is 7.12. The number of hydrogen-bond acceptors (Lipinski definition) is 5. The maximum Gasteiger partial charge on any atom is 0.321 e. The lowest BCUT2D eigenvalue weighted by atomic mass is 9.93. The number of rotatable bonds is 5. The van der Waals surface area contributed by atoms with E-state index in [1.165, 1.54) is 6.92 Å². The van der Waals surface area contributed by atoms with Crippen LogP contribution in [0, 0.1) is 0 Å². The van der Waals surface area contributed by atoms with E-state index in [0.717, 1.165) is 0 Å². The molecule has 0 amide bonds. The van der Waals surface area contributed by atoms with Crippen LogP contribution in [0.5, 0.6) is 0 Å². The van der Waals surface area contributed by atoms with Gasteiger partial charge in [-0.3, -0.25) is 4.79 Å². The van der Waals surface area contributed by atoms with Gasteiger partial charge in [0, 0.05) is 11.5 Å². The maximum absolute atomic E-state index is 11.7. The molecule has 1 atom stereocenters. The summed E-state index contributed by atoms with van der Waals surface area (Å²) in [5.74, 6) is -1.08. The highest BCUT2D eigenvalue weighted by atomic mass is 32.2. The number of carboxylic acids is 1. The largest absolute Gasteiger partial charge is 0.480 e. The number of carbonyl (C=O) groups is 1. The topological polar surface area (TPSA) is 110 Å². The Hall–Kier alpha value is -1.41. The molecule has 0 spiro atoms. The third-order valence-electron chi connectivity index (χ3n) is 2.36. The Kier molecular flexibility index (Phi) is 4.36. The van der Waals surface area contributed by atoms with Crippen LogP contribution in [-0.4, -0.2) is 30.7 Å². The van der Waals surface area contributed by atoms with Crippen LogP contribution in [0.15, 0.2) is 10.6 Å². The molecular weight excluding hydrogens is 272 g/mol. The van der Waals surface area contributed by atoms with Crippen molar-refractivity contribution >= 4 is 16.0 Å². The van der Waals surface area contributed by atoms with E-state index in [2.05, 4.69) is 5.16 Å². The van der Waals surface area contributed by atoms with E-state index in [4.69, 9.17) is 9.63 Å². The van der Waals surface area contributed by atoms with Gasteiger partial charge in [0.2, 0.25) is 10.0 Å². The first-order chi connectivity index (χ1) is 8.51. The molecule has 0 fully saturated rings. The fraction of sp³-hybridized carbons (Fsp3) is 0.636. The number of hydrogen-bond donors (Lipinski definition) is 2. The summed E-state index contributed by atoms with van der Waals surface area (Å²) in [6, 6.07) is 0.379. The number of nitrogens with one attached hydrogen (secondary N) is 1. The summed E-state index contributed by atoms with van der Waals surface area (Å²) in [4.78, 5) is 10.6. The van der Waals surface area contributed by atoms with Crippen LogP contribution in [0.25, 0.3) is 0 Å². The van der Waals surface area contributed by atoms with Gasteiger partial charge in [0.25, 0.3) is 0 Å². The second-order valence-electron chi connectivity index (χ2n) is 5.37. The molecule has 0 bridgehead atoms. The van der Waals surface area contributed by atoms with Crippen LogP contribution >= 0.6 is 0 Å². The summed E-state index contributed by atoms with van der Waals surface area (Å²) in [6.45, 7) is 6.99. The minimum atomic E-state index is -3.76. The molecule has 2 N–H and O–H groups in total. The molecule has 19 heavy (non-hydrogen) atoms. The Labute approximate surface area is 112 Å². The van der Waals surface area contributed by atoms with Crippen LogP contribution in [0.4, 0.5) is 0 Å². The van der Waals surface area contributed by atoms with Gasteiger partial charge in [-0.2, -0.15) is 0 Å². The van der Waals surface area contributed by atoms with E-state index in [-0.39, 0.29) is 11.1 Å². The van der Waals surface area contributed by atoms with Crippen molar-refractivity contribution < 1.29 is 22.8 Å². The van der Waals surface area contributed by atoms with Crippen LogP contribution in [0.3, 0.4) is 0 Å². The van der Waals surface area contributed by atoms with Crippen molar-refractivity contribution in [3.05, 3.63) is 17.5 Å². The van der Waals surface area contributed by atoms with Gasteiger partial charge < -0.3 is 9.63 Å². The molecule has 0 aromatic carbocycles. The molecule has 0 aliphatic carbocycles. The molecule has 1 rings (SSSR count). The van der Waals surface area contributed by atoms with Gasteiger partial charge in [-0.25, -0.2) is 13.1 Å². The van der Waals surface area contributed by atoms with Gasteiger partial charge in [0.05, 0.1) is 0 Å². The average molecular weight is 290 g/mol. The molecule has 1 aromatic heterocycles. The van der Waals surface area contributed by atoms with Crippen molar-refractivity contribution in [3.63, 3.8) is 0 Å². The lowest BCUT2D eigenvalue weighted by Crippen LogP contribution is -2.38. The standard InChI is InChI=1S/C11H18N2O5S/c1-7(10(14)15)13-19(16,17)6-8-5-9(18-12-8)11(2,3)4/h5,7,13H,6H2,1-4H3,(H,14,15)/t7-/m0/s1. The lowest BCUT2D eigenvalue weighted by molar-refractivity contribution is -0.138. The maximum atomic E-state index is 11.7. The van der Waals surface area contributed by atoms with Crippen molar-refractivity contribution in [2.24, 2.45) is 0 Å². The minimum Gasteiger partial charge on any atom is -0.480 e. The van der Waals surface area contributed by atoms with Crippen molar-refractivity contribution in [1.29, 1.82) is 0 Å². The SMILES string of the molecule is C[C@H](NS(=O)(=O)Cc1cc(C(C)(C)C)on1)C(=O)O. The molecule has 8 heteroatoms. The predicted molar refractivity (Wildman–Crippen MR) is 68.1 cm³/mol. The highest BCUT2D eigenvalue weighted by Crippen LogP contribution is 2.23. The van der Waals surface area contributed by atoms with E-state index in [1.54, 1.807) is 6.07 Å². The van der Waals surface area contributed by atoms with Gasteiger partial charge in [-0.15, -0.1) is 0 Å². The van der Waals surface area contributed by atoms with E-state index in [1.807, 2.05) is 25.5 Å². The third-order valence-corrected chi connectivity index (χ3v) is 3.75. The summed E-state index contributed by atoms with van der Waals surface area (Å²) in [7, 11) is -3.76. The molecule has 1 aromatic rings. The Morgan fingerprint density at radius 3 is 2.53 bits per heavy atom. The van der Waals surface area contributed by atoms with Crippen molar-refractivity contribution in [2.45, 2.75) is 44.9 Å². The second kappa shape index (κ2) is 5.30. The monoisotopic (exact) mass is 290 g/mol. The third kappa shape index (κ3) is 4.64.